The summed E-state index contributed by atoms with van der Waals surface area (Å²) in [5.74, 6) is -0.475. The minimum atomic E-state index is -0.475. The van der Waals surface area contributed by atoms with E-state index in [2.05, 4.69) is 11.6 Å². The standard InChI is InChI=1S/C7H8N2O/c1-2-5-3-4-6(9-5)7(8)10/h2,4H,1,3H2,(H2,8,10). The fourth-order valence-corrected chi connectivity index (χ4v) is 0.732. The summed E-state index contributed by atoms with van der Waals surface area (Å²) in [5, 5.41) is 0. The molecular formula is C7H8N2O. The first-order valence-corrected chi connectivity index (χ1v) is 2.94. The van der Waals surface area contributed by atoms with Crippen molar-refractivity contribution in [3.05, 3.63) is 24.4 Å². The van der Waals surface area contributed by atoms with Gasteiger partial charge in [0.05, 0.1) is 0 Å². The average Bonchev–Trinajstić information content (AvgIpc) is 2.34. The molecule has 3 heteroatoms. The molecule has 1 rings (SSSR count). The van der Waals surface area contributed by atoms with Crippen molar-refractivity contribution in [2.45, 2.75) is 6.42 Å². The molecule has 0 aliphatic carbocycles. The Hall–Kier alpha value is -1.38. The molecule has 0 atom stereocenters. The third-order valence-corrected chi connectivity index (χ3v) is 1.26. The van der Waals surface area contributed by atoms with Crippen LogP contribution in [0.15, 0.2) is 29.4 Å². The van der Waals surface area contributed by atoms with Gasteiger partial charge in [0.2, 0.25) is 0 Å². The molecule has 3 nitrogen and oxygen atoms in total. The predicted octanol–water partition coefficient (Wildman–Crippen LogP) is 0.386. The van der Waals surface area contributed by atoms with Crippen LogP contribution in [0.25, 0.3) is 0 Å². The van der Waals surface area contributed by atoms with Crippen LogP contribution in [0.5, 0.6) is 0 Å². The normalized spacial score (nSPS) is 16.0. The van der Waals surface area contributed by atoms with E-state index < -0.39 is 5.91 Å². The summed E-state index contributed by atoms with van der Waals surface area (Å²) in [6, 6.07) is 0. The smallest absolute Gasteiger partial charge is 0.266 e. The lowest BCUT2D eigenvalue weighted by Gasteiger charge is -1.86. The van der Waals surface area contributed by atoms with Gasteiger partial charge in [-0.05, 0) is 12.2 Å². The first kappa shape index (κ1) is 6.74. The number of hydrogen-bond donors (Lipinski definition) is 1. The molecule has 52 valence electrons. The second-order valence-corrected chi connectivity index (χ2v) is 1.97. The van der Waals surface area contributed by atoms with Crippen molar-refractivity contribution in [1.29, 1.82) is 0 Å². The van der Waals surface area contributed by atoms with E-state index >= 15 is 0 Å². The molecule has 0 unspecified atom stereocenters. The maximum atomic E-state index is 10.5. The van der Waals surface area contributed by atoms with Gasteiger partial charge < -0.3 is 5.73 Å². The largest absolute Gasteiger partial charge is 0.364 e. The summed E-state index contributed by atoms with van der Waals surface area (Å²) in [4.78, 5) is 14.4. The lowest BCUT2D eigenvalue weighted by molar-refractivity contribution is -0.114. The van der Waals surface area contributed by atoms with Crippen LogP contribution in [-0.2, 0) is 4.79 Å². The number of carbonyl (C=O) groups is 1. The van der Waals surface area contributed by atoms with Crippen molar-refractivity contribution in [3.63, 3.8) is 0 Å². The number of allylic oxidation sites excluding steroid dienone is 2. The number of aliphatic imine (C=N–C) groups is 1. The number of hydrogen-bond acceptors (Lipinski definition) is 2. The highest BCUT2D eigenvalue weighted by molar-refractivity contribution is 6.04. The molecule has 0 aromatic rings. The Morgan fingerprint density at radius 2 is 2.60 bits per heavy atom. The third kappa shape index (κ3) is 1.13. The van der Waals surface area contributed by atoms with Crippen molar-refractivity contribution in [1.82, 2.24) is 0 Å². The molecule has 1 heterocycles. The van der Waals surface area contributed by atoms with Crippen LogP contribution in [-0.4, -0.2) is 11.6 Å². The summed E-state index contributed by atoms with van der Waals surface area (Å²) < 4.78 is 0. The van der Waals surface area contributed by atoms with Crippen molar-refractivity contribution < 1.29 is 4.79 Å². The second kappa shape index (κ2) is 2.47. The summed E-state index contributed by atoms with van der Waals surface area (Å²) in [7, 11) is 0. The first-order chi connectivity index (χ1) is 4.74. The minimum absolute atomic E-state index is 0.343. The molecule has 0 aromatic carbocycles. The van der Waals surface area contributed by atoms with E-state index in [0.717, 1.165) is 5.71 Å². The Balaban J connectivity index is 2.76. The Morgan fingerprint density at radius 3 is 2.90 bits per heavy atom. The van der Waals surface area contributed by atoms with Crippen molar-refractivity contribution in [3.8, 4) is 0 Å². The predicted molar refractivity (Wildman–Crippen MR) is 39.5 cm³/mol. The molecule has 0 saturated carbocycles. The van der Waals surface area contributed by atoms with Gasteiger partial charge in [-0.2, -0.15) is 0 Å². The van der Waals surface area contributed by atoms with E-state index in [1.807, 2.05) is 0 Å². The molecule has 0 bridgehead atoms. The monoisotopic (exact) mass is 136 g/mol. The average molecular weight is 136 g/mol. The maximum Gasteiger partial charge on any atom is 0.266 e. The van der Waals surface area contributed by atoms with E-state index in [0.29, 0.717) is 12.1 Å². The van der Waals surface area contributed by atoms with Gasteiger partial charge in [0.1, 0.15) is 5.70 Å². The van der Waals surface area contributed by atoms with E-state index in [9.17, 15) is 4.79 Å². The van der Waals surface area contributed by atoms with Crippen molar-refractivity contribution in [2.75, 3.05) is 0 Å². The molecule has 1 amide bonds. The van der Waals surface area contributed by atoms with Gasteiger partial charge in [0.25, 0.3) is 5.91 Å². The summed E-state index contributed by atoms with van der Waals surface area (Å²) >= 11 is 0. The van der Waals surface area contributed by atoms with Gasteiger partial charge in [0.15, 0.2) is 0 Å². The van der Waals surface area contributed by atoms with Crippen LogP contribution in [0.2, 0.25) is 0 Å². The van der Waals surface area contributed by atoms with Crippen LogP contribution in [0.1, 0.15) is 6.42 Å². The quantitative estimate of drug-likeness (QED) is 0.586. The number of nitrogens with zero attached hydrogens (tertiary/aromatic N) is 1. The van der Waals surface area contributed by atoms with E-state index in [4.69, 9.17) is 5.73 Å². The topological polar surface area (TPSA) is 55.4 Å². The number of amides is 1. The number of nitrogens with two attached hydrogens (primary N) is 1. The lowest BCUT2D eigenvalue weighted by Crippen LogP contribution is -2.11. The Labute approximate surface area is 58.9 Å². The highest BCUT2D eigenvalue weighted by Gasteiger charge is 2.09. The molecular weight excluding hydrogens is 128 g/mol. The van der Waals surface area contributed by atoms with Crippen LogP contribution in [0.3, 0.4) is 0 Å². The Morgan fingerprint density at radius 1 is 1.90 bits per heavy atom. The first-order valence-electron chi connectivity index (χ1n) is 2.94. The summed E-state index contributed by atoms with van der Waals surface area (Å²) in [5.41, 5.74) is 6.11. The second-order valence-electron chi connectivity index (χ2n) is 1.97. The molecule has 0 saturated heterocycles. The van der Waals surface area contributed by atoms with Gasteiger partial charge in [-0.15, -0.1) is 0 Å². The van der Waals surface area contributed by atoms with Crippen LogP contribution >= 0.6 is 0 Å². The van der Waals surface area contributed by atoms with E-state index in [1.54, 1.807) is 12.2 Å². The zero-order valence-corrected chi connectivity index (χ0v) is 5.50. The molecule has 1 aliphatic rings. The fraction of sp³-hybridized carbons (Fsp3) is 0.143. The molecule has 0 aromatic heterocycles. The van der Waals surface area contributed by atoms with Gasteiger partial charge in [-0.25, -0.2) is 4.99 Å². The zero-order valence-electron chi connectivity index (χ0n) is 5.50. The van der Waals surface area contributed by atoms with Crippen molar-refractivity contribution in [2.24, 2.45) is 10.7 Å². The third-order valence-electron chi connectivity index (χ3n) is 1.26. The molecule has 0 fully saturated rings. The molecule has 0 radical (unpaired) electrons. The molecule has 2 N–H and O–H groups in total. The number of rotatable bonds is 2. The molecule has 10 heavy (non-hydrogen) atoms. The van der Waals surface area contributed by atoms with Gasteiger partial charge in [-0.3, -0.25) is 4.79 Å². The van der Waals surface area contributed by atoms with E-state index in [1.165, 1.54) is 0 Å². The Bertz CT molecular complexity index is 238. The van der Waals surface area contributed by atoms with Crippen LogP contribution in [0.4, 0.5) is 0 Å². The minimum Gasteiger partial charge on any atom is -0.364 e. The zero-order chi connectivity index (χ0) is 7.56. The summed E-state index contributed by atoms with van der Waals surface area (Å²) in [6.45, 7) is 3.52. The van der Waals surface area contributed by atoms with Gasteiger partial charge >= 0.3 is 0 Å². The number of primary amides is 1. The fourth-order valence-electron chi connectivity index (χ4n) is 0.732. The van der Waals surface area contributed by atoms with E-state index in [-0.39, 0.29) is 0 Å². The molecule has 1 aliphatic heterocycles. The summed E-state index contributed by atoms with van der Waals surface area (Å²) in [6.07, 6.45) is 3.98. The van der Waals surface area contributed by atoms with Crippen LogP contribution in [0, 0.1) is 0 Å². The number of carbonyl (C=O) groups excluding carboxylic acids is 1. The van der Waals surface area contributed by atoms with Crippen LogP contribution < -0.4 is 5.73 Å². The maximum absolute atomic E-state index is 10.5. The van der Waals surface area contributed by atoms with Crippen molar-refractivity contribution >= 4 is 11.6 Å². The Kier molecular flexibility index (Phi) is 1.67. The highest BCUT2D eigenvalue weighted by atomic mass is 16.1. The van der Waals surface area contributed by atoms with Gasteiger partial charge in [0, 0.05) is 12.1 Å². The highest BCUT2D eigenvalue weighted by Crippen LogP contribution is 2.09. The molecule has 0 spiro atoms. The SMILES string of the molecule is C=CC1=NC(C(N)=O)=CC1. The van der Waals surface area contributed by atoms with Gasteiger partial charge in [-0.1, -0.05) is 6.58 Å². The lowest BCUT2D eigenvalue weighted by atomic mass is 10.3.